The molecule has 0 aliphatic rings. The first-order valence-electron chi connectivity index (χ1n) is 19.7. The lowest BCUT2D eigenvalue weighted by Crippen LogP contribution is -2.42. The highest BCUT2D eigenvalue weighted by Gasteiger charge is 2.25. The lowest BCUT2D eigenvalue weighted by atomic mass is 10.0. The number of amides is 4. The highest BCUT2D eigenvalue weighted by Crippen LogP contribution is 2.40. The van der Waals surface area contributed by atoms with E-state index in [2.05, 4.69) is 21.3 Å². The van der Waals surface area contributed by atoms with Crippen molar-refractivity contribution in [1.29, 1.82) is 0 Å². The Kier molecular flexibility index (Phi) is 16.5. The summed E-state index contributed by atoms with van der Waals surface area (Å²) in [5.74, 6) is -3.75. The van der Waals surface area contributed by atoms with Crippen LogP contribution in [-0.2, 0) is 45.1 Å². The molecule has 0 aliphatic carbocycles. The van der Waals surface area contributed by atoms with Gasteiger partial charge >= 0.3 is 24.1 Å². The van der Waals surface area contributed by atoms with E-state index in [0.29, 0.717) is 32.3 Å². The van der Waals surface area contributed by atoms with Gasteiger partial charge in [0.1, 0.15) is 25.3 Å². The van der Waals surface area contributed by atoms with E-state index in [4.69, 9.17) is 9.47 Å². The number of hydrogen-bond acceptors (Lipinski definition) is 10. The summed E-state index contributed by atoms with van der Waals surface area (Å²) in [7, 11) is 2.34. The molecule has 0 aromatic heterocycles. The van der Waals surface area contributed by atoms with Gasteiger partial charge in [0.15, 0.2) is 0 Å². The number of carbonyl (C=O) groups is 6. The van der Waals surface area contributed by atoms with Crippen molar-refractivity contribution in [2.75, 3.05) is 10.6 Å². The third-order valence-corrected chi connectivity index (χ3v) is 11.9. The second-order valence-corrected chi connectivity index (χ2v) is 16.3. The van der Waals surface area contributed by atoms with E-state index in [1.54, 1.807) is 97.1 Å². The summed E-state index contributed by atoms with van der Waals surface area (Å²) in [6.45, 7) is 0.197. The highest BCUT2D eigenvalue weighted by molar-refractivity contribution is 8.76. The Hall–Kier alpha value is -7.56. The Morgan fingerprint density at radius 3 is 1.14 bits per heavy atom. The smallest absolute Gasteiger partial charge is 0.411 e. The number of benzene rings is 6. The Morgan fingerprint density at radius 1 is 0.438 bits per heavy atom. The van der Waals surface area contributed by atoms with E-state index in [-0.39, 0.29) is 37.2 Å². The molecule has 2 atom stereocenters. The van der Waals surface area contributed by atoms with Gasteiger partial charge in [-0.25, -0.2) is 19.2 Å². The average Bonchev–Trinajstić information content (AvgIpc) is 3.31. The van der Waals surface area contributed by atoms with Gasteiger partial charge in [0, 0.05) is 34.0 Å². The fourth-order valence-electron chi connectivity index (χ4n) is 6.09. The van der Waals surface area contributed by atoms with E-state index in [0.717, 1.165) is 11.1 Å². The van der Waals surface area contributed by atoms with Crippen molar-refractivity contribution in [3.63, 3.8) is 0 Å². The van der Waals surface area contributed by atoms with Crippen LogP contribution in [-0.4, -0.2) is 58.2 Å². The quantitative estimate of drug-likeness (QED) is 0.0422. The van der Waals surface area contributed by atoms with Crippen LogP contribution in [0.15, 0.2) is 168 Å². The van der Waals surface area contributed by atoms with Gasteiger partial charge in [-0.15, -0.1) is 0 Å². The molecular weight excluding hydrogens is 857 g/mol. The summed E-state index contributed by atoms with van der Waals surface area (Å²) in [6.07, 6.45) is -1.38. The van der Waals surface area contributed by atoms with Crippen molar-refractivity contribution in [1.82, 2.24) is 10.6 Å². The number of nitrogens with one attached hydrogen (secondary N) is 4. The van der Waals surface area contributed by atoms with E-state index in [9.17, 15) is 39.0 Å². The average molecular weight is 899 g/mol. The molecule has 0 bridgehead atoms. The lowest BCUT2D eigenvalue weighted by Gasteiger charge is -2.17. The first kappa shape index (κ1) is 46.0. The SMILES string of the molecule is O=C(Nc1ccc(C[C@H](NC(=O)c2ccccc2SSc2ccccc2C(=O)N[C@@H](Cc2ccc(NC(=O)OCc3ccccc3)cc2)C(=O)O)C(=O)O)cc1)OCc1ccccc1. The maximum Gasteiger partial charge on any atom is 0.411 e. The van der Waals surface area contributed by atoms with Crippen LogP contribution in [0.4, 0.5) is 21.0 Å². The summed E-state index contributed by atoms with van der Waals surface area (Å²) >= 11 is 0. The monoisotopic (exact) mass is 898 g/mol. The van der Waals surface area contributed by atoms with Gasteiger partial charge in [0.05, 0.1) is 11.1 Å². The molecule has 6 rings (SSSR count). The summed E-state index contributed by atoms with van der Waals surface area (Å²) in [5.41, 5.74) is 4.16. The molecule has 0 saturated carbocycles. The zero-order valence-corrected chi connectivity index (χ0v) is 35.6. The Labute approximate surface area is 376 Å². The topological polar surface area (TPSA) is 209 Å². The third-order valence-electron chi connectivity index (χ3n) is 9.40. The van der Waals surface area contributed by atoms with E-state index < -0.39 is 48.0 Å². The molecule has 0 spiro atoms. The van der Waals surface area contributed by atoms with Crippen LogP contribution in [0.2, 0.25) is 0 Å². The molecular formula is C48H42N4O10S2. The van der Waals surface area contributed by atoms with Gasteiger partial charge in [-0.05, 0) is 70.8 Å². The zero-order valence-electron chi connectivity index (χ0n) is 34.0. The van der Waals surface area contributed by atoms with Crippen molar-refractivity contribution in [3.05, 3.63) is 191 Å². The number of rotatable bonds is 19. The molecule has 6 aromatic rings. The second kappa shape index (κ2) is 23.0. The van der Waals surface area contributed by atoms with Crippen LogP contribution in [0.1, 0.15) is 43.0 Å². The molecule has 0 saturated heterocycles. The largest absolute Gasteiger partial charge is 0.480 e. The van der Waals surface area contributed by atoms with Crippen molar-refractivity contribution in [2.24, 2.45) is 0 Å². The minimum Gasteiger partial charge on any atom is -0.480 e. The molecule has 4 amide bonds. The number of hydrogen-bond donors (Lipinski definition) is 6. The number of carboxylic acid groups (broad SMARTS) is 2. The van der Waals surface area contributed by atoms with Gasteiger partial charge in [-0.3, -0.25) is 20.2 Å². The minimum absolute atomic E-state index is 0.0434. The molecule has 326 valence electrons. The van der Waals surface area contributed by atoms with Crippen molar-refractivity contribution < 1.29 is 48.5 Å². The molecule has 0 radical (unpaired) electrons. The number of anilines is 2. The molecule has 0 heterocycles. The predicted octanol–water partition coefficient (Wildman–Crippen LogP) is 8.83. The van der Waals surface area contributed by atoms with Crippen molar-refractivity contribution in [3.8, 4) is 0 Å². The van der Waals surface area contributed by atoms with Crippen molar-refractivity contribution >= 4 is 68.9 Å². The molecule has 14 nitrogen and oxygen atoms in total. The zero-order chi connectivity index (χ0) is 45.3. The second-order valence-electron chi connectivity index (χ2n) is 14.1. The van der Waals surface area contributed by atoms with E-state index in [1.807, 2.05) is 60.7 Å². The van der Waals surface area contributed by atoms with Crippen LogP contribution in [0.5, 0.6) is 0 Å². The van der Waals surface area contributed by atoms with Crippen LogP contribution in [0.25, 0.3) is 0 Å². The number of ether oxygens (including phenoxy) is 2. The first-order chi connectivity index (χ1) is 31.0. The molecule has 64 heavy (non-hydrogen) atoms. The highest BCUT2D eigenvalue weighted by atomic mass is 33.1. The molecule has 0 fully saturated rings. The number of carbonyl (C=O) groups excluding carboxylic acids is 4. The van der Waals surface area contributed by atoms with Crippen LogP contribution >= 0.6 is 21.6 Å². The Bertz CT molecular complexity index is 2380. The Balaban J connectivity index is 1.02. The van der Waals surface area contributed by atoms with Crippen LogP contribution < -0.4 is 21.3 Å². The molecule has 0 aliphatic heterocycles. The maximum atomic E-state index is 13.6. The number of aliphatic carboxylic acids is 2. The standard InChI is InChI=1S/C48H42N4O10S2/c53-43(51-39(45(55)56)27-31-19-23-35(24-20-31)49-47(59)61-29-33-11-3-1-4-12-33)37-15-7-9-17-41(37)63-64-42-18-10-8-16-38(42)44(54)52-40(46(57)58)28-32-21-25-36(26-22-32)50-48(60)62-30-34-13-5-2-6-14-34/h1-26,39-40H,27-30H2,(H,49,59)(H,50,60)(H,51,53)(H,52,54)(H,55,56)(H,57,58)/t39-,40-/m0/s1. The molecule has 6 N–H and O–H groups in total. The summed E-state index contributed by atoms with van der Waals surface area (Å²) in [6, 6.07) is 42.1. The molecule has 6 aromatic carbocycles. The lowest BCUT2D eigenvalue weighted by molar-refractivity contribution is -0.140. The van der Waals surface area contributed by atoms with Crippen molar-refractivity contribution in [2.45, 2.75) is 47.9 Å². The summed E-state index contributed by atoms with van der Waals surface area (Å²) in [4.78, 5) is 77.3. The first-order valence-corrected chi connectivity index (χ1v) is 21.9. The predicted molar refractivity (Wildman–Crippen MR) is 243 cm³/mol. The summed E-state index contributed by atoms with van der Waals surface area (Å²) in [5, 5.41) is 30.6. The van der Waals surface area contributed by atoms with E-state index >= 15 is 0 Å². The van der Waals surface area contributed by atoms with Gasteiger partial charge in [-0.1, -0.05) is 131 Å². The van der Waals surface area contributed by atoms with E-state index in [1.165, 1.54) is 21.6 Å². The maximum absolute atomic E-state index is 13.6. The summed E-state index contributed by atoms with van der Waals surface area (Å²) < 4.78 is 10.5. The number of carboxylic acids is 2. The van der Waals surface area contributed by atoms with Gasteiger partial charge in [-0.2, -0.15) is 0 Å². The van der Waals surface area contributed by atoms with Gasteiger partial charge < -0.3 is 30.3 Å². The van der Waals surface area contributed by atoms with Gasteiger partial charge in [0.2, 0.25) is 0 Å². The molecule has 16 heteroatoms. The minimum atomic E-state index is -1.29. The third kappa shape index (κ3) is 14.0. The Morgan fingerprint density at radius 2 is 0.781 bits per heavy atom. The molecule has 0 unspecified atom stereocenters. The fourth-order valence-corrected chi connectivity index (χ4v) is 8.45. The normalized spacial score (nSPS) is 11.6. The van der Waals surface area contributed by atoms with Crippen LogP contribution in [0, 0.1) is 0 Å². The van der Waals surface area contributed by atoms with Gasteiger partial charge in [0.25, 0.3) is 11.8 Å². The van der Waals surface area contributed by atoms with Crippen LogP contribution in [0.3, 0.4) is 0 Å². The fraction of sp³-hybridized carbons (Fsp3) is 0.125.